The van der Waals surface area contributed by atoms with Crippen molar-refractivity contribution >= 4 is 15.9 Å². The van der Waals surface area contributed by atoms with E-state index < -0.39 is 0 Å². The van der Waals surface area contributed by atoms with E-state index in [0.29, 0.717) is 0 Å². The van der Waals surface area contributed by atoms with Crippen molar-refractivity contribution in [2.45, 2.75) is 36.4 Å². The molecule has 1 heteroatoms. The minimum Gasteiger partial charge on any atom is -0.0890 e. The van der Waals surface area contributed by atoms with Crippen LogP contribution < -0.4 is 0 Å². The van der Waals surface area contributed by atoms with E-state index in [1.807, 2.05) is 12.1 Å². The Kier molecular flexibility index (Phi) is 3.05. The topological polar surface area (TPSA) is 0 Å². The van der Waals surface area contributed by atoms with Crippen molar-refractivity contribution in [1.29, 1.82) is 0 Å². The molecule has 2 atom stereocenters. The number of alkyl halides is 1. The molecule has 0 bridgehead atoms. The van der Waals surface area contributed by atoms with Gasteiger partial charge < -0.3 is 0 Å². The highest BCUT2D eigenvalue weighted by molar-refractivity contribution is 9.09. The minimum atomic E-state index is 0.732. The van der Waals surface area contributed by atoms with Gasteiger partial charge >= 0.3 is 0 Å². The van der Waals surface area contributed by atoms with E-state index in [4.69, 9.17) is 0 Å². The highest BCUT2D eigenvalue weighted by Gasteiger charge is 2.20. The Morgan fingerprint density at radius 3 is 2.69 bits per heavy atom. The average molecular weight is 238 g/mol. The maximum absolute atomic E-state index is 3.72. The van der Waals surface area contributed by atoms with E-state index in [2.05, 4.69) is 34.1 Å². The first-order valence-electron chi connectivity index (χ1n) is 4.96. The van der Waals surface area contributed by atoms with Crippen LogP contribution in [0.5, 0.6) is 0 Å². The quantitative estimate of drug-likeness (QED) is 0.651. The third-order valence-corrected chi connectivity index (χ3v) is 3.66. The van der Waals surface area contributed by atoms with Gasteiger partial charge in [0.1, 0.15) is 0 Å². The smallest absolute Gasteiger partial charge is 0.0151 e. The van der Waals surface area contributed by atoms with Gasteiger partial charge in [-0.2, -0.15) is 0 Å². The van der Waals surface area contributed by atoms with Gasteiger partial charge in [0.25, 0.3) is 0 Å². The molecule has 0 N–H and O–H groups in total. The molecule has 0 aromatic heterocycles. The van der Waals surface area contributed by atoms with Crippen LogP contribution in [0.1, 0.15) is 37.2 Å². The van der Waals surface area contributed by atoms with E-state index in [1.165, 1.54) is 31.2 Å². The van der Waals surface area contributed by atoms with Gasteiger partial charge in [-0.3, -0.25) is 0 Å². The molecule has 0 aliphatic heterocycles. The van der Waals surface area contributed by atoms with Gasteiger partial charge in [0.15, 0.2) is 0 Å². The summed E-state index contributed by atoms with van der Waals surface area (Å²) in [5.41, 5.74) is 1.49. The summed E-state index contributed by atoms with van der Waals surface area (Å²) < 4.78 is 0. The Balaban J connectivity index is 2.08. The molecule has 2 unspecified atom stereocenters. The minimum absolute atomic E-state index is 0.732. The van der Waals surface area contributed by atoms with Crippen LogP contribution >= 0.6 is 15.9 Å². The van der Waals surface area contributed by atoms with Crippen molar-refractivity contribution in [2.75, 3.05) is 0 Å². The zero-order valence-corrected chi connectivity index (χ0v) is 9.26. The monoisotopic (exact) mass is 237 g/mol. The van der Waals surface area contributed by atoms with Gasteiger partial charge in [0.05, 0.1) is 0 Å². The maximum Gasteiger partial charge on any atom is 0.0151 e. The lowest BCUT2D eigenvalue weighted by atomic mass is 9.84. The van der Waals surface area contributed by atoms with Crippen LogP contribution in [0.4, 0.5) is 0 Å². The average Bonchev–Trinajstić information content (AvgIpc) is 2.19. The molecule has 69 valence electrons. The molecular weight excluding hydrogens is 224 g/mol. The Hall–Kier alpha value is -0.300. The van der Waals surface area contributed by atoms with Crippen molar-refractivity contribution in [1.82, 2.24) is 0 Å². The normalized spacial score (nSPS) is 28.7. The van der Waals surface area contributed by atoms with Crippen LogP contribution in [0.2, 0.25) is 0 Å². The predicted octanol–water partition coefficient (Wildman–Crippen LogP) is 3.91. The second-order valence-electron chi connectivity index (χ2n) is 3.79. The van der Waals surface area contributed by atoms with Crippen LogP contribution in [-0.4, -0.2) is 4.83 Å². The van der Waals surface area contributed by atoms with E-state index in [0.717, 1.165) is 10.7 Å². The number of hydrogen-bond donors (Lipinski definition) is 0. The molecule has 1 aliphatic rings. The second-order valence-corrected chi connectivity index (χ2v) is 5.09. The van der Waals surface area contributed by atoms with Gasteiger partial charge in [-0.15, -0.1) is 0 Å². The zero-order valence-electron chi connectivity index (χ0n) is 7.67. The summed E-state index contributed by atoms with van der Waals surface area (Å²) in [6.45, 7) is 0. The van der Waals surface area contributed by atoms with Crippen LogP contribution in [0.15, 0.2) is 24.3 Å². The molecule has 13 heavy (non-hydrogen) atoms. The van der Waals surface area contributed by atoms with E-state index in [-0.39, 0.29) is 0 Å². The lowest BCUT2D eigenvalue weighted by Crippen LogP contribution is -2.13. The SMILES string of the molecule is BrC1CCCC(c2cc[c]cc2)C1. The molecule has 1 saturated carbocycles. The molecule has 0 saturated heterocycles. The first kappa shape index (κ1) is 9.26. The first-order chi connectivity index (χ1) is 6.36. The molecule has 1 fully saturated rings. The van der Waals surface area contributed by atoms with Crippen molar-refractivity contribution in [3.8, 4) is 0 Å². The first-order valence-corrected chi connectivity index (χ1v) is 5.88. The van der Waals surface area contributed by atoms with E-state index in [1.54, 1.807) is 0 Å². The molecule has 1 aromatic carbocycles. The highest BCUT2D eigenvalue weighted by atomic mass is 79.9. The summed E-state index contributed by atoms with van der Waals surface area (Å²) in [7, 11) is 0. The van der Waals surface area contributed by atoms with Crippen LogP contribution in [0, 0.1) is 6.07 Å². The number of hydrogen-bond acceptors (Lipinski definition) is 0. The molecule has 2 rings (SSSR count). The lowest BCUT2D eigenvalue weighted by molar-refractivity contribution is 0.458. The van der Waals surface area contributed by atoms with Crippen LogP contribution in [0.25, 0.3) is 0 Å². The zero-order chi connectivity index (χ0) is 9.10. The van der Waals surface area contributed by atoms with Gasteiger partial charge in [-0.1, -0.05) is 46.6 Å². The number of halogens is 1. The van der Waals surface area contributed by atoms with E-state index >= 15 is 0 Å². The lowest BCUT2D eigenvalue weighted by Gasteiger charge is -2.25. The fourth-order valence-corrected chi connectivity index (χ4v) is 2.88. The Morgan fingerprint density at radius 2 is 2.00 bits per heavy atom. The Labute approximate surface area is 88.5 Å². The van der Waals surface area contributed by atoms with Gasteiger partial charge in [-0.05, 0) is 36.8 Å². The van der Waals surface area contributed by atoms with Gasteiger partial charge in [0, 0.05) is 4.83 Å². The van der Waals surface area contributed by atoms with Crippen molar-refractivity contribution < 1.29 is 0 Å². The summed E-state index contributed by atoms with van der Waals surface area (Å²) in [5, 5.41) is 0. The number of rotatable bonds is 1. The van der Waals surface area contributed by atoms with Gasteiger partial charge in [-0.25, -0.2) is 0 Å². The summed E-state index contributed by atoms with van der Waals surface area (Å²) >= 11 is 3.72. The maximum atomic E-state index is 3.72. The van der Waals surface area contributed by atoms with E-state index in [9.17, 15) is 0 Å². The molecule has 1 aromatic rings. The third kappa shape index (κ3) is 2.34. The largest absolute Gasteiger partial charge is 0.0890 e. The summed E-state index contributed by atoms with van der Waals surface area (Å²) in [6.07, 6.45) is 5.35. The molecule has 1 aliphatic carbocycles. The fourth-order valence-electron chi connectivity index (χ4n) is 2.10. The molecule has 0 amide bonds. The predicted molar refractivity (Wildman–Crippen MR) is 59.2 cm³/mol. The van der Waals surface area contributed by atoms with Crippen LogP contribution in [0.3, 0.4) is 0 Å². The van der Waals surface area contributed by atoms with Crippen molar-refractivity contribution in [3.05, 3.63) is 35.9 Å². The summed E-state index contributed by atoms with van der Waals surface area (Å²) in [5.74, 6) is 0.771. The van der Waals surface area contributed by atoms with Crippen molar-refractivity contribution in [2.24, 2.45) is 0 Å². The van der Waals surface area contributed by atoms with Gasteiger partial charge in [0.2, 0.25) is 0 Å². The molecule has 0 nitrogen and oxygen atoms in total. The Morgan fingerprint density at radius 1 is 1.23 bits per heavy atom. The standard InChI is InChI=1S/C12H14Br/c13-12-8-4-7-11(9-12)10-5-2-1-3-6-10/h2-3,5-6,11-12H,4,7-9H2. The third-order valence-electron chi connectivity index (χ3n) is 2.83. The molecular formula is C12H14Br. The Bertz CT molecular complexity index is 255. The van der Waals surface area contributed by atoms with Crippen molar-refractivity contribution in [3.63, 3.8) is 0 Å². The molecule has 0 spiro atoms. The number of benzene rings is 1. The van der Waals surface area contributed by atoms with Crippen LogP contribution in [-0.2, 0) is 0 Å². The molecule has 1 radical (unpaired) electrons. The second kappa shape index (κ2) is 4.28. The fraction of sp³-hybridized carbons (Fsp3) is 0.500. The summed E-state index contributed by atoms with van der Waals surface area (Å²) in [4.78, 5) is 0.732. The highest BCUT2D eigenvalue weighted by Crippen LogP contribution is 2.35. The summed E-state index contributed by atoms with van der Waals surface area (Å²) in [6, 6.07) is 11.5. The molecule has 0 heterocycles.